The van der Waals surface area contributed by atoms with Crippen LogP contribution in [0.25, 0.3) is 17.0 Å². The Labute approximate surface area is 213 Å². The van der Waals surface area contributed by atoms with Crippen LogP contribution in [-0.4, -0.2) is 54.8 Å². The fourth-order valence-electron chi connectivity index (χ4n) is 4.23. The largest absolute Gasteiger partial charge is 0.354 e. The van der Waals surface area contributed by atoms with Gasteiger partial charge in [0.2, 0.25) is 6.41 Å². The molecule has 0 aliphatic heterocycles. The van der Waals surface area contributed by atoms with Crippen LogP contribution < -0.4 is 10.2 Å². The minimum atomic E-state index is -0.321. The van der Waals surface area contributed by atoms with Gasteiger partial charge in [0.15, 0.2) is 17.3 Å². The van der Waals surface area contributed by atoms with E-state index in [0.717, 1.165) is 22.5 Å². The Morgan fingerprint density at radius 3 is 2.51 bits per heavy atom. The summed E-state index contributed by atoms with van der Waals surface area (Å²) in [5, 5.41) is 2.70. The number of imidazole rings is 2. The summed E-state index contributed by atoms with van der Waals surface area (Å²) in [5.41, 5.74) is 3.80. The molecule has 2 amide bonds. The first-order chi connectivity index (χ1) is 18.1. The average molecular weight is 495 g/mol. The van der Waals surface area contributed by atoms with Crippen LogP contribution >= 0.6 is 0 Å². The maximum atomic E-state index is 13.1. The van der Waals surface area contributed by atoms with E-state index in [1.165, 1.54) is 4.90 Å². The standard InChI is InChI=1S/C27H26N8O2/c1-3-33(18-36)26-24(27(37)28-2)35(16-19-8-10-20(11-9-19)25-29-12-6-13-30-25)23(32-26)15-21-17-34-14-5-4-7-22(34)31-21/h4-14,17-18H,3,15-16H2,1-2H3,(H,28,37). The Balaban J connectivity index is 1.57. The van der Waals surface area contributed by atoms with E-state index >= 15 is 0 Å². The number of rotatable bonds is 9. The fraction of sp³-hybridized carbons (Fsp3) is 0.185. The van der Waals surface area contributed by atoms with E-state index in [1.807, 2.05) is 70.7 Å². The van der Waals surface area contributed by atoms with Crippen LogP contribution in [0, 0.1) is 0 Å². The highest BCUT2D eigenvalue weighted by atomic mass is 16.2. The lowest BCUT2D eigenvalue weighted by Gasteiger charge is -2.15. The first-order valence-electron chi connectivity index (χ1n) is 11.9. The van der Waals surface area contributed by atoms with Crippen LogP contribution in [0.4, 0.5) is 5.82 Å². The lowest BCUT2D eigenvalue weighted by atomic mass is 10.1. The predicted octanol–water partition coefficient (Wildman–Crippen LogP) is 2.97. The number of hydrogen-bond donors (Lipinski definition) is 1. The first-order valence-corrected chi connectivity index (χ1v) is 11.9. The normalized spacial score (nSPS) is 11.0. The smallest absolute Gasteiger partial charge is 0.271 e. The molecule has 4 heterocycles. The molecule has 0 atom stereocenters. The number of benzene rings is 1. The van der Waals surface area contributed by atoms with Gasteiger partial charge in [-0.15, -0.1) is 0 Å². The molecule has 186 valence electrons. The van der Waals surface area contributed by atoms with Crippen molar-refractivity contribution in [3.8, 4) is 11.4 Å². The van der Waals surface area contributed by atoms with E-state index in [9.17, 15) is 9.59 Å². The monoisotopic (exact) mass is 494 g/mol. The third-order valence-electron chi connectivity index (χ3n) is 6.08. The highest BCUT2D eigenvalue weighted by Gasteiger charge is 2.26. The zero-order chi connectivity index (χ0) is 25.8. The highest BCUT2D eigenvalue weighted by molar-refractivity contribution is 5.99. The van der Waals surface area contributed by atoms with E-state index in [2.05, 4.69) is 15.3 Å². The topological polar surface area (TPSA) is 110 Å². The molecule has 37 heavy (non-hydrogen) atoms. The zero-order valence-electron chi connectivity index (χ0n) is 20.6. The SMILES string of the molecule is CCN(C=O)c1nc(Cc2cn3ccccc3n2)n(Cc2ccc(-c3ncccn3)cc2)c1C(=O)NC. The lowest BCUT2D eigenvalue weighted by molar-refractivity contribution is -0.107. The summed E-state index contributed by atoms with van der Waals surface area (Å²) in [6.07, 6.45) is 8.37. The van der Waals surface area contributed by atoms with Crippen molar-refractivity contribution in [1.29, 1.82) is 0 Å². The molecule has 0 saturated carbocycles. The summed E-state index contributed by atoms with van der Waals surface area (Å²) in [6.45, 7) is 2.60. The molecule has 5 rings (SSSR count). The maximum absolute atomic E-state index is 13.1. The third-order valence-corrected chi connectivity index (χ3v) is 6.08. The Morgan fingerprint density at radius 1 is 1.05 bits per heavy atom. The van der Waals surface area contributed by atoms with Crippen LogP contribution in [-0.2, 0) is 17.8 Å². The van der Waals surface area contributed by atoms with Crippen molar-refractivity contribution in [1.82, 2.24) is 34.2 Å². The van der Waals surface area contributed by atoms with Gasteiger partial charge in [-0.1, -0.05) is 30.3 Å². The molecule has 0 bridgehead atoms. The first kappa shape index (κ1) is 23.9. The van der Waals surface area contributed by atoms with Gasteiger partial charge in [-0.2, -0.15) is 0 Å². The zero-order valence-corrected chi connectivity index (χ0v) is 20.6. The van der Waals surface area contributed by atoms with Gasteiger partial charge in [0.05, 0.1) is 5.69 Å². The molecule has 1 aromatic carbocycles. The summed E-state index contributed by atoms with van der Waals surface area (Å²) in [6, 6.07) is 15.4. The van der Waals surface area contributed by atoms with Gasteiger partial charge in [-0.3, -0.25) is 14.5 Å². The van der Waals surface area contributed by atoms with Crippen molar-refractivity contribution in [2.75, 3.05) is 18.5 Å². The van der Waals surface area contributed by atoms with Gasteiger partial charge in [0.25, 0.3) is 5.91 Å². The van der Waals surface area contributed by atoms with Crippen molar-refractivity contribution >= 4 is 23.8 Å². The summed E-state index contributed by atoms with van der Waals surface area (Å²) in [4.78, 5) is 44.4. The van der Waals surface area contributed by atoms with Gasteiger partial charge in [0, 0.05) is 56.9 Å². The quantitative estimate of drug-likeness (QED) is 0.316. The molecule has 0 saturated heterocycles. The number of aromatic nitrogens is 6. The summed E-state index contributed by atoms with van der Waals surface area (Å²) >= 11 is 0. The fourth-order valence-corrected chi connectivity index (χ4v) is 4.23. The number of nitrogens with one attached hydrogen (secondary N) is 1. The Morgan fingerprint density at radius 2 is 1.84 bits per heavy atom. The van der Waals surface area contributed by atoms with Gasteiger partial charge in [-0.05, 0) is 30.7 Å². The van der Waals surface area contributed by atoms with Gasteiger partial charge in [-0.25, -0.2) is 19.9 Å². The van der Waals surface area contributed by atoms with E-state index in [1.54, 1.807) is 25.5 Å². The lowest BCUT2D eigenvalue weighted by Crippen LogP contribution is -2.28. The molecule has 4 aromatic heterocycles. The third kappa shape index (κ3) is 4.81. The van der Waals surface area contributed by atoms with Crippen LogP contribution in [0.3, 0.4) is 0 Å². The molecule has 5 aromatic rings. The number of carbonyl (C=O) groups is 2. The van der Waals surface area contributed by atoms with Crippen LogP contribution in [0.5, 0.6) is 0 Å². The molecule has 0 aliphatic rings. The number of carbonyl (C=O) groups excluding carboxylic acids is 2. The van der Waals surface area contributed by atoms with Crippen molar-refractivity contribution in [3.05, 3.63) is 96.1 Å². The van der Waals surface area contributed by atoms with Gasteiger partial charge < -0.3 is 14.3 Å². The second-order valence-corrected chi connectivity index (χ2v) is 8.40. The number of amides is 2. The van der Waals surface area contributed by atoms with Gasteiger partial charge in [0.1, 0.15) is 11.5 Å². The molecule has 10 nitrogen and oxygen atoms in total. The maximum Gasteiger partial charge on any atom is 0.271 e. The molecule has 1 N–H and O–H groups in total. The number of hydrogen-bond acceptors (Lipinski definition) is 6. The van der Waals surface area contributed by atoms with E-state index in [4.69, 9.17) is 9.97 Å². The molecule has 10 heteroatoms. The van der Waals surface area contributed by atoms with Crippen LogP contribution in [0.15, 0.2) is 73.3 Å². The number of pyridine rings is 1. The number of fused-ring (bicyclic) bond motifs is 1. The molecule has 0 spiro atoms. The predicted molar refractivity (Wildman–Crippen MR) is 139 cm³/mol. The summed E-state index contributed by atoms with van der Waals surface area (Å²) in [5.74, 6) is 1.28. The Kier molecular flexibility index (Phi) is 6.71. The highest BCUT2D eigenvalue weighted by Crippen LogP contribution is 2.25. The molecular weight excluding hydrogens is 468 g/mol. The van der Waals surface area contributed by atoms with Crippen molar-refractivity contribution < 1.29 is 9.59 Å². The van der Waals surface area contributed by atoms with E-state index < -0.39 is 0 Å². The second-order valence-electron chi connectivity index (χ2n) is 8.40. The number of anilines is 1. The van der Waals surface area contributed by atoms with Gasteiger partial charge >= 0.3 is 0 Å². The molecule has 0 fully saturated rings. The van der Waals surface area contributed by atoms with Crippen molar-refractivity contribution in [2.24, 2.45) is 0 Å². The molecular formula is C27H26N8O2. The summed E-state index contributed by atoms with van der Waals surface area (Å²) < 4.78 is 3.80. The Bertz CT molecular complexity index is 1510. The average Bonchev–Trinajstić information content (AvgIpc) is 3.51. The molecule has 0 aliphatic carbocycles. The minimum Gasteiger partial charge on any atom is -0.354 e. The van der Waals surface area contributed by atoms with E-state index in [0.29, 0.717) is 49.1 Å². The van der Waals surface area contributed by atoms with Crippen molar-refractivity contribution in [3.63, 3.8) is 0 Å². The minimum absolute atomic E-state index is 0.321. The number of nitrogens with zero attached hydrogens (tertiary/aromatic N) is 7. The van der Waals surface area contributed by atoms with Crippen molar-refractivity contribution in [2.45, 2.75) is 19.9 Å². The summed E-state index contributed by atoms with van der Waals surface area (Å²) in [7, 11) is 1.57. The molecule has 0 unspecified atom stereocenters. The second kappa shape index (κ2) is 10.4. The Hall–Kier alpha value is -4.86. The van der Waals surface area contributed by atoms with Crippen LogP contribution in [0.2, 0.25) is 0 Å². The van der Waals surface area contributed by atoms with E-state index in [-0.39, 0.29) is 5.91 Å². The van der Waals surface area contributed by atoms with Crippen LogP contribution in [0.1, 0.15) is 34.5 Å². The molecule has 0 radical (unpaired) electrons.